The van der Waals surface area contributed by atoms with Crippen molar-refractivity contribution >= 4 is 33.2 Å². The van der Waals surface area contributed by atoms with Gasteiger partial charge in [-0.3, -0.25) is 0 Å². The topological polar surface area (TPSA) is 21.3 Å². The Bertz CT molecular complexity index is 592. The van der Waals surface area contributed by atoms with Gasteiger partial charge in [0.05, 0.1) is 17.8 Å². The molecule has 0 aliphatic heterocycles. The maximum absolute atomic E-state index is 12.9. The average Bonchev–Trinajstić information content (AvgIpc) is 2.39. The van der Waals surface area contributed by atoms with Gasteiger partial charge >= 0.3 is 0 Å². The van der Waals surface area contributed by atoms with E-state index < -0.39 is 0 Å². The first-order valence-corrected chi connectivity index (χ1v) is 6.78. The Morgan fingerprint density at radius 2 is 2.05 bits per heavy atom. The number of methoxy groups -OCH3 is 1. The standard InChI is InChI=1S/C14H12BrClFNO/c1-19-11-3-4-12(15)9(6-11)8-18-14-5-2-10(17)7-13(14)16/h2-7,18H,8H2,1H3. The largest absolute Gasteiger partial charge is 0.497 e. The molecule has 2 rings (SSSR count). The van der Waals surface area contributed by atoms with Gasteiger partial charge in [0.25, 0.3) is 0 Å². The van der Waals surface area contributed by atoms with Crippen LogP contribution in [0.3, 0.4) is 0 Å². The van der Waals surface area contributed by atoms with E-state index in [1.54, 1.807) is 13.2 Å². The highest BCUT2D eigenvalue weighted by Gasteiger charge is 2.05. The fourth-order valence-electron chi connectivity index (χ4n) is 1.64. The van der Waals surface area contributed by atoms with E-state index >= 15 is 0 Å². The number of anilines is 1. The third-order valence-electron chi connectivity index (χ3n) is 2.65. The van der Waals surface area contributed by atoms with E-state index in [0.29, 0.717) is 17.3 Å². The summed E-state index contributed by atoms with van der Waals surface area (Å²) in [6.07, 6.45) is 0. The van der Waals surface area contributed by atoms with Crippen molar-refractivity contribution in [3.8, 4) is 5.75 Å². The van der Waals surface area contributed by atoms with Crippen molar-refractivity contribution in [2.75, 3.05) is 12.4 Å². The van der Waals surface area contributed by atoms with Gasteiger partial charge in [0, 0.05) is 11.0 Å². The van der Waals surface area contributed by atoms with Crippen LogP contribution in [0.25, 0.3) is 0 Å². The van der Waals surface area contributed by atoms with E-state index in [-0.39, 0.29) is 5.82 Å². The molecule has 0 atom stereocenters. The lowest BCUT2D eigenvalue weighted by atomic mass is 10.2. The fourth-order valence-corrected chi connectivity index (χ4v) is 2.26. The predicted octanol–water partition coefficient (Wildman–Crippen LogP) is 4.86. The lowest BCUT2D eigenvalue weighted by Crippen LogP contribution is -2.01. The van der Waals surface area contributed by atoms with E-state index in [2.05, 4.69) is 21.2 Å². The second-order valence-electron chi connectivity index (χ2n) is 3.94. The summed E-state index contributed by atoms with van der Waals surface area (Å²) in [5.41, 5.74) is 1.72. The lowest BCUT2D eigenvalue weighted by molar-refractivity contribution is 0.414. The quantitative estimate of drug-likeness (QED) is 0.855. The molecule has 0 saturated heterocycles. The summed E-state index contributed by atoms with van der Waals surface area (Å²) in [5, 5.41) is 3.52. The highest BCUT2D eigenvalue weighted by molar-refractivity contribution is 9.10. The normalized spacial score (nSPS) is 10.3. The summed E-state index contributed by atoms with van der Waals surface area (Å²) in [6.45, 7) is 0.559. The van der Waals surface area contributed by atoms with Crippen molar-refractivity contribution in [2.24, 2.45) is 0 Å². The average molecular weight is 345 g/mol. The van der Waals surface area contributed by atoms with Crippen molar-refractivity contribution in [3.05, 3.63) is 57.3 Å². The van der Waals surface area contributed by atoms with Crippen LogP contribution in [-0.4, -0.2) is 7.11 Å². The summed E-state index contributed by atoms with van der Waals surface area (Å²) < 4.78 is 19.1. The molecule has 0 amide bonds. The molecule has 2 aromatic carbocycles. The Morgan fingerprint density at radius 3 is 2.74 bits per heavy atom. The minimum atomic E-state index is -0.349. The fraction of sp³-hybridized carbons (Fsp3) is 0.143. The third kappa shape index (κ3) is 3.61. The maximum Gasteiger partial charge on any atom is 0.124 e. The Labute approximate surface area is 124 Å². The number of rotatable bonds is 4. The molecule has 0 radical (unpaired) electrons. The van der Waals surface area contributed by atoms with Crippen LogP contribution in [0.5, 0.6) is 5.75 Å². The first-order valence-electron chi connectivity index (χ1n) is 5.61. The summed E-state index contributed by atoms with van der Waals surface area (Å²) in [5.74, 6) is 0.434. The first kappa shape index (κ1) is 14.2. The van der Waals surface area contributed by atoms with Crippen LogP contribution in [0.2, 0.25) is 5.02 Å². The van der Waals surface area contributed by atoms with Gasteiger partial charge in [0.1, 0.15) is 11.6 Å². The lowest BCUT2D eigenvalue weighted by Gasteiger charge is -2.11. The van der Waals surface area contributed by atoms with E-state index in [1.807, 2.05) is 18.2 Å². The molecule has 0 heterocycles. The highest BCUT2D eigenvalue weighted by atomic mass is 79.9. The molecule has 0 bridgehead atoms. The van der Waals surface area contributed by atoms with Gasteiger partial charge in [-0.15, -0.1) is 0 Å². The summed E-state index contributed by atoms with van der Waals surface area (Å²) in [6, 6.07) is 9.99. The molecule has 0 unspecified atom stereocenters. The van der Waals surface area contributed by atoms with Crippen LogP contribution in [0.4, 0.5) is 10.1 Å². The van der Waals surface area contributed by atoms with Crippen molar-refractivity contribution in [3.63, 3.8) is 0 Å². The summed E-state index contributed by atoms with van der Waals surface area (Å²) in [4.78, 5) is 0. The number of ether oxygens (including phenoxy) is 1. The van der Waals surface area contributed by atoms with Gasteiger partial charge in [0.15, 0.2) is 0 Å². The van der Waals surface area contributed by atoms with Gasteiger partial charge in [-0.1, -0.05) is 27.5 Å². The molecule has 100 valence electrons. The zero-order valence-corrected chi connectivity index (χ0v) is 12.6. The van der Waals surface area contributed by atoms with Gasteiger partial charge in [0.2, 0.25) is 0 Å². The van der Waals surface area contributed by atoms with E-state index in [1.165, 1.54) is 12.1 Å². The van der Waals surface area contributed by atoms with Crippen molar-refractivity contribution in [1.82, 2.24) is 0 Å². The molecule has 19 heavy (non-hydrogen) atoms. The van der Waals surface area contributed by atoms with Crippen LogP contribution in [-0.2, 0) is 6.54 Å². The third-order valence-corrected chi connectivity index (χ3v) is 3.74. The Kier molecular flexibility index (Phi) is 4.66. The number of benzene rings is 2. The van der Waals surface area contributed by atoms with Crippen LogP contribution in [0, 0.1) is 5.82 Å². The van der Waals surface area contributed by atoms with Crippen molar-refractivity contribution < 1.29 is 9.13 Å². The van der Waals surface area contributed by atoms with Crippen LogP contribution < -0.4 is 10.1 Å². The smallest absolute Gasteiger partial charge is 0.124 e. The molecule has 0 fully saturated rings. The second kappa shape index (κ2) is 6.26. The maximum atomic E-state index is 12.9. The number of nitrogens with one attached hydrogen (secondary N) is 1. The minimum Gasteiger partial charge on any atom is -0.497 e. The van der Waals surface area contributed by atoms with Gasteiger partial charge in [-0.2, -0.15) is 0 Å². The molecule has 2 nitrogen and oxygen atoms in total. The number of hydrogen-bond donors (Lipinski definition) is 1. The predicted molar refractivity (Wildman–Crippen MR) is 79.4 cm³/mol. The minimum absolute atomic E-state index is 0.349. The summed E-state index contributed by atoms with van der Waals surface area (Å²) >= 11 is 9.43. The molecule has 5 heteroatoms. The van der Waals surface area contributed by atoms with Crippen LogP contribution >= 0.6 is 27.5 Å². The zero-order valence-electron chi connectivity index (χ0n) is 10.2. The van der Waals surface area contributed by atoms with Crippen LogP contribution in [0.1, 0.15) is 5.56 Å². The second-order valence-corrected chi connectivity index (χ2v) is 5.20. The Hall–Kier alpha value is -1.26. The van der Waals surface area contributed by atoms with E-state index in [4.69, 9.17) is 16.3 Å². The Morgan fingerprint density at radius 1 is 1.26 bits per heavy atom. The molecule has 0 saturated carbocycles. The first-order chi connectivity index (χ1) is 9.10. The molecule has 0 aromatic heterocycles. The number of halogens is 3. The monoisotopic (exact) mass is 343 g/mol. The molecular weight excluding hydrogens is 333 g/mol. The number of hydrogen-bond acceptors (Lipinski definition) is 2. The Balaban J connectivity index is 2.14. The van der Waals surface area contributed by atoms with Crippen LogP contribution in [0.15, 0.2) is 40.9 Å². The highest BCUT2D eigenvalue weighted by Crippen LogP contribution is 2.26. The van der Waals surface area contributed by atoms with E-state index in [9.17, 15) is 4.39 Å². The molecule has 1 N–H and O–H groups in total. The summed E-state index contributed by atoms with van der Waals surface area (Å²) in [7, 11) is 1.62. The molecule has 0 aliphatic rings. The van der Waals surface area contributed by atoms with Gasteiger partial charge in [-0.25, -0.2) is 4.39 Å². The van der Waals surface area contributed by atoms with Crippen molar-refractivity contribution in [1.29, 1.82) is 0 Å². The molecular formula is C14H12BrClFNO. The van der Waals surface area contributed by atoms with E-state index in [0.717, 1.165) is 15.8 Å². The van der Waals surface area contributed by atoms with Crippen molar-refractivity contribution in [2.45, 2.75) is 6.54 Å². The zero-order chi connectivity index (χ0) is 13.8. The SMILES string of the molecule is COc1ccc(Br)c(CNc2ccc(F)cc2Cl)c1. The molecule has 0 aliphatic carbocycles. The van der Waals surface area contributed by atoms with Gasteiger partial charge < -0.3 is 10.1 Å². The van der Waals surface area contributed by atoms with Gasteiger partial charge in [-0.05, 0) is 42.0 Å². The molecule has 0 spiro atoms. The molecule has 2 aromatic rings.